The third kappa shape index (κ3) is 6.09. The topological polar surface area (TPSA) is 78.6 Å². The molecule has 0 aromatic carbocycles. The quantitative estimate of drug-likeness (QED) is 0.810. The van der Waals surface area contributed by atoms with E-state index in [-0.39, 0.29) is 17.6 Å². The Morgan fingerprint density at radius 1 is 1.52 bits per heavy atom. The molecular formula is C16H22F3N3O3. The first-order chi connectivity index (χ1) is 11.6. The highest BCUT2D eigenvalue weighted by molar-refractivity contribution is 5.62. The summed E-state index contributed by atoms with van der Waals surface area (Å²) in [6.45, 7) is 5.13. The molecule has 6 nitrogen and oxygen atoms in total. The molecule has 1 atom stereocenters. The molecule has 0 amide bonds. The number of aromatic nitrogens is 1. The lowest BCUT2D eigenvalue weighted by Crippen LogP contribution is -2.28. The lowest BCUT2D eigenvalue weighted by atomic mass is 10.2. The van der Waals surface area contributed by atoms with Gasteiger partial charge in [-0.1, -0.05) is 0 Å². The highest BCUT2D eigenvalue weighted by atomic mass is 19.4. The predicted octanol–water partition coefficient (Wildman–Crippen LogP) is 2.33. The van der Waals surface area contributed by atoms with E-state index in [2.05, 4.69) is 15.0 Å². The largest absolute Gasteiger partial charge is 0.482 e. The second kappa shape index (κ2) is 7.49. The molecule has 1 aromatic rings. The molecule has 1 unspecified atom stereocenters. The summed E-state index contributed by atoms with van der Waals surface area (Å²) in [5.41, 5.74) is 7.05. The van der Waals surface area contributed by atoms with Crippen molar-refractivity contribution in [1.82, 2.24) is 10.3 Å². The molecule has 1 aliphatic heterocycles. The lowest BCUT2D eigenvalue weighted by molar-refractivity contribution is -0.153. The van der Waals surface area contributed by atoms with Gasteiger partial charge in [0.05, 0.1) is 36.3 Å². The maximum Gasteiger partial charge on any atom is 0.422 e. The minimum atomic E-state index is -4.39. The summed E-state index contributed by atoms with van der Waals surface area (Å²) in [4.78, 5) is 4.06. The van der Waals surface area contributed by atoms with E-state index >= 15 is 0 Å². The van der Waals surface area contributed by atoms with E-state index in [1.165, 1.54) is 12.3 Å². The number of hydrogen-bond donors (Lipinski definition) is 2. The van der Waals surface area contributed by atoms with E-state index in [1.807, 2.05) is 13.8 Å². The molecule has 1 fully saturated rings. The number of nitrogens with zero attached hydrogens (tertiary/aromatic N) is 1. The average molecular weight is 361 g/mol. The van der Waals surface area contributed by atoms with Gasteiger partial charge in [-0.25, -0.2) is 0 Å². The molecule has 140 valence electrons. The van der Waals surface area contributed by atoms with Crippen molar-refractivity contribution in [3.8, 4) is 5.75 Å². The second-order valence-corrected chi connectivity index (χ2v) is 6.37. The molecule has 2 heterocycles. The summed E-state index contributed by atoms with van der Waals surface area (Å²) >= 11 is 0. The van der Waals surface area contributed by atoms with Gasteiger partial charge in [-0.2, -0.15) is 13.2 Å². The first-order valence-corrected chi connectivity index (χ1v) is 7.71. The van der Waals surface area contributed by atoms with Gasteiger partial charge in [0.2, 0.25) is 0 Å². The summed E-state index contributed by atoms with van der Waals surface area (Å²) in [5.74, 6) is 0.0364. The standard InChI is InChI=1S/C16H22F3N3O3/c1-10-4-11(23-9-16(17,18)19)5-22-14(10)12(20)6-21-7-13-24-8-15(2,3)25-13/h4-6,13,21H,7-9,20H2,1-3H3/b12-6-. The smallest absolute Gasteiger partial charge is 0.422 e. The fraction of sp³-hybridized carbons (Fsp3) is 0.562. The van der Waals surface area contributed by atoms with E-state index in [0.29, 0.717) is 30.1 Å². The van der Waals surface area contributed by atoms with Crippen molar-refractivity contribution in [3.63, 3.8) is 0 Å². The van der Waals surface area contributed by atoms with Crippen molar-refractivity contribution >= 4 is 5.70 Å². The first kappa shape index (κ1) is 19.3. The van der Waals surface area contributed by atoms with Crippen LogP contribution in [0, 0.1) is 6.92 Å². The second-order valence-electron chi connectivity index (χ2n) is 6.37. The highest BCUT2D eigenvalue weighted by Crippen LogP contribution is 2.22. The van der Waals surface area contributed by atoms with Crippen LogP contribution in [-0.2, 0) is 9.47 Å². The Hall–Kier alpha value is -2.00. The van der Waals surface area contributed by atoms with Crippen molar-refractivity contribution in [2.24, 2.45) is 5.73 Å². The molecule has 1 saturated heterocycles. The van der Waals surface area contributed by atoms with Gasteiger partial charge < -0.3 is 25.3 Å². The van der Waals surface area contributed by atoms with Gasteiger partial charge in [-0.05, 0) is 32.4 Å². The third-order valence-electron chi connectivity index (χ3n) is 3.34. The molecule has 0 radical (unpaired) electrons. The summed E-state index contributed by atoms with van der Waals surface area (Å²) in [6, 6.07) is 1.46. The Balaban J connectivity index is 1.91. The van der Waals surface area contributed by atoms with Crippen molar-refractivity contribution < 1.29 is 27.4 Å². The van der Waals surface area contributed by atoms with Gasteiger partial charge >= 0.3 is 6.18 Å². The van der Waals surface area contributed by atoms with Crippen molar-refractivity contribution in [2.75, 3.05) is 19.8 Å². The summed E-state index contributed by atoms with van der Waals surface area (Å²) in [5, 5.41) is 2.99. The van der Waals surface area contributed by atoms with E-state index in [9.17, 15) is 13.2 Å². The van der Waals surface area contributed by atoms with Crippen molar-refractivity contribution in [3.05, 3.63) is 29.7 Å². The van der Waals surface area contributed by atoms with Gasteiger partial charge in [0.1, 0.15) is 5.75 Å². The van der Waals surface area contributed by atoms with E-state index in [0.717, 1.165) is 0 Å². The first-order valence-electron chi connectivity index (χ1n) is 7.71. The SMILES string of the molecule is Cc1cc(OCC(F)(F)F)cnc1/C(N)=C/NCC1OCC(C)(C)O1. The van der Waals surface area contributed by atoms with Crippen LogP contribution in [0.4, 0.5) is 13.2 Å². The lowest BCUT2D eigenvalue weighted by Gasteiger charge is -2.16. The fourth-order valence-electron chi connectivity index (χ4n) is 2.25. The van der Waals surface area contributed by atoms with Crippen molar-refractivity contribution in [2.45, 2.75) is 38.8 Å². The molecule has 3 N–H and O–H groups in total. The normalized spacial score (nSPS) is 20.6. The van der Waals surface area contributed by atoms with Crippen LogP contribution < -0.4 is 15.8 Å². The molecule has 0 spiro atoms. The Bertz CT molecular complexity index is 633. The zero-order chi connectivity index (χ0) is 18.7. The number of alkyl halides is 3. The zero-order valence-corrected chi connectivity index (χ0v) is 14.3. The van der Waals surface area contributed by atoms with E-state index in [4.69, 9.17) is 15.2 Å². The average Bonchev–Trinajstić information content (AvgIpc) is 2.83. The number of rotatable bonds is 6. The van der Waals surface area contributed by atoms with Gasteiger partial charge in [0, 0.05) is 6.20 Å². The van der Waals surface area contributed by atoms with E-state index in [1.54, 1.807) is 13.1 Å². The monoisotopic (exact) mass is 361 g/mol. The maximum absolute atomic E-state index is 12.2. The number of nitrogens with one attached hydrogen (secondary N) is 1. The summed E-state index contributed by atoms with van der Waals surface area (Å²) < 4.78 is 52.3. The van der Waals surface area contributed by atoms with Crippen LogP contribution in [0.3, 0.4) is 0 Å². The Morgan fingerprint density at radius 2 is 2.24 bits per heavy atom. The minimum absolute atomic E-state index is 0.0364. The van der Waals surface area contributed by atoms with Gasteiger partial charge in [0.25, 0.3) is 0 Å². The number of nitrogens with two attached hydrogens (primary N) is 1. The number of halogens is 3. The number of hydrogen-bond acceptors (Lipinski definition) is 6. The van der Waals surface area contributed by atoms with Crippen LogP contribution in [-0.4, -0.2) is 42.8 Å². The van der Waals surface area contributed by atoms with Gasteiger partial charge in [0.15, 0.2) is 12.9 Å². The molecule has 0 aliphatic carbocycles. The Kier molecular flexibility index (Phi) is 5.79. The number of ether oxygens (including phenoxy) is 3. The molecule has 2 rings (SSSR count). The zero-order valence-electron chi connectivity index (χ0n) is 14.3. The Morgan fingerprint density at radius 3 is 2.80 bits per heavy atom. The van der Waals surface area contributed by atoms with Gasteiger partial charge in [-0.3, -0.25) is 4.98 Å². The molecular weight excluding hydrogens is 339 g/mol. The summed E-state index contributed by atoms with van der Waals surface area (Å²) in [6.07, 6.45) is -2.00. The fourth-order valence-corrected chi connectivity index (χ4v) is 2.25. The van der Waals surface area contributed by atoms with Gasteiger partial charge in [-0.15, -0.1) is 0 Å². The molecule has 25 heavy (non-hydrogen) atoms. The third-order valence-corrected chi connectivity index (χ3v) is 3.34. The Labute approximate surface area is 144 Å². The predicted molar refractivity (Wildman–Crippen MR) is 85.6 cm³/mol. The van der Waals surface area contributed by atoms with Crippen LogP contribution >= 0.6 is 0 Å². The molecule has 0 saturated carbocycles. The molecule has 1 aromatic heterocycles. The minimum Gasteiger partial charge on any atom is -0.482 e. The van der Waals surface area contributed by atoms with Crippen molar-refractivity contribution in [1.29, 1.82) is 0 Å². The molecule has 9 heteroatoms. The molecule has 1 aliphatic rings. The van der Waals surface area contributed by atoms with Crippen LogP contribution in [0.15, 0.2) is 18.5 Å². The highest BCUT2D eigenvalue weighted by Gasteiger charge is 2.32. The maximum atomic E-state index is 12.2. The number of pyridine rings is 1. The summed E-state index contributed by atoms with van der Waals surface area (Å²) in [7, 11) is 0. The molecule has 0 bridgehead atoms. The van der Waals surface area contributed by atoms with Crippen LogP contribution in [0.1, 0.15) is 25.1 Å². The van der Waals surface area contributed by atoms with Crippen LogP contribution in [0.5, 0.6) is 5.75 Å². The van der Waals surface area contributed by atoms with Crippen LogP contribution in [0.25, 0.3) is 5.70 Å². The van der Waals surface area contributed by atoms with E-state index < -0.39 is 12.8 Å². The number of aryl methyl sites for hydroxylation is 1. The van der Waals surface area contributed by atoms with Crippen LogP contribution in [0.2, 0.25) is 0 Å².